The Hall–Kier alpha value is -1.64. The van der Waals surface area contributed by atoms with Crippen LogP contribution in [0.25, 0.3) is 22.0 Å². The predicted octanol–water partition coefficient (Wildman–Crippen LogP) is 5.66. The summed E-state index contributed by atoms with van der Waals surface area (Å²) in [5.41, 5.74) is 2.04. The fourth-order valence-corrected chi connectivity index (χ4v) is 2.59. The molecular formula is C16H10Cl2FN. The molecule has 0 saturated heterocycles. The molecule has 0 saturated carbocycles. The number of aryl methyl sites for hydroxylation is 1. The highest BCUT2D eigenvalue weighted by molar-refractivity contribution is 6.31. The van der Waals surface area contributed by atoms with E-state index in [-0.39, 0.29) is 0 Å². The summed E-state index contributed by atoms with van der Waals surface area (Å²) in [6.45, 7) is 2.00. The van der Waals surface area contributed by atoms with E-state index in [0.29, 0.717) is 21.4 Å². The molecule has 0 amide bonds. The van der Waals surface area contributed by atoms with Gasteiger partial charge in [0.05, 0.1) is 5.69 Å². The van der Waals surface area contributed by atoms with Crippen LogP contribution in [0.15, 0.2) is 42.5 Å². The molecule has 2 aromatic carbocycles. The summed E-state index contributed by atoms with van der Waals surface area (Å²) >= 11 is 11.8. The molecule has 0 N–H and O–H groups in total. The minimum absolute atomic E-state index is 0.340. The summed E-state index contributed by atoms with van der Waals surface area (Å²) in [5, 5.41) is 2.50. The Morgan fingerprint density at radius 1 is 1.00 bits per heavy atom. The Morgan fingerprint density at radius 2 is 1.80 bits per heavy atom. The van der Waals surface area contributed by atoms with Gasteiger partial charge in [0, 0.05) is 16.0 Å². The first-order valence-corrected chi connectivity index (χ1v) is 6.82. The second-order valence-corrected chi connectivity index (χ2v) is 5.47. The lowest BCUT2D eigenvalue weighted by Crippen LogP contribution is -1.91. The van der Waals surface area contributed by atoms with E-state index in [4.69, 9.17) is 23.2 Å². The normalized spacial score (nSPS) is 11.0. The van der Waals surface area contributed by atoms with E-state index in [9.17, 15) is 4.39 Å². The molecule has 0 aliphatic rings. The van der Waals surface area contributed by atoms with Crippen LogP contribution in [-0.4, -0.2) is 4.98 Å². The molecule has 100 valence electrons. The summed E-state index contributed by atoms with van der Waals surface area (Å²) in [4.78, 5) is 4.27. The molecule has 0 bridgehead atoms. The molecule has 0 radical (unpaired) electrons. The van der Waals surface area contributed by atoms with Crippen molar-refractivity contribution in [1.82, 2.24) is 4.98 Å². The Kier molecular flexibility index (Phi) is 3.36. The Bertz CT molecular complexity index is 810. The molecule has 1 nitrogen and oxygen atoms in total. The lowest BCUT2D eigenvalue weighted by atomic mass is 10.0. The number of fused-ring (bicyclic) bond motifs is 1. The standard InChI is InChI=1S/C16H10Cl2FN/c1-9-2-4-12-10(6-9)7-15(18)20-16(12)13-5-3-11(17)8-14(13)19/h2-8H,1H3. The average Bonchev–Trinajstić information content (AvgIpc) is 2.37. The molecule has 0 aliphatic heterocycles. The first-order valence-electron chi connectivity index (χ1n) is 6.07. The smallest absolute Gasteiger partial charge is 0.134 e. The van der Waals surface area contributed by atoms with Crippen LogP contribution in [0, 0.1) is 12.7 Å². The van der Waals surface area contributed by atoms with Crippen LogP contribution < -0.4 is 0 Å². The Labute approximate surface area is 126 Å². The lowest BCUT2D eigenvalue weighted by molar-refractivity contribution is 0.631. The van der Waals surface area contributed by atoms with Gasteiger partial charge >= 0.3 is 0 Å². The minimum atomic E-state index is -0.408. The van der Waals surface area contributed by atoms with Crippen molar-refractivity contribution >= 4 is 34.0 Å². The number of nitrogens with zero attached hydrogens (tertiary/aromatic N) is 1. The summed E-state index contributed by atoms with van der Waals surface area (Å²) in [6.07, 6.45) is 0. The largest absolute Gasteiger partial charge is 0.235 e. The van der Waals surface area contributed by atoms with Crippen LogP contribution in [0.1, 0.15) is 5.56 Å². The topological polar surface area (TPSA) is 12.9 Å². The highest BCUT2D eigenvalue weighted by atomic mass is 35.5. The molecule has 20 heavy (non-hydrogen) atoms. The van der Waals surface area contributed by atoms with Crippen LogP contribution in [0.4, 0.5) is 4.39 Å². The van der Waals surface area contributed by atoms with Crippen molar-refractivity contribution in [1.29, 1.82) is 0 Å². The van der Waals surface area contributed by atoms with Crippen molar-refractivity contribution in [2.75, 3.05) is 0 Å². The molecule has 0 aliphatic carbocycles. The maximum absolute atomic E-state index is 14.1. The van der Waals surface area contributed by atoms with Crippen molar-refractivity contribution in [2.24, 2.45) is 0 Å². The number of hydrogen-bond acceptors (Lipinski definition) is 1. The van der Waals surface area contributed by atoms with E-state index in [2.05, 4.69) is 4.98 Å². The van der Waals surface area contributed by atoms with Gasteiger partial charge in [-0.3, -0.25) is 0 Å². The summed E-state index contributed by atoms with van der Waals surface area (Å²) in [5.74, 6) is -0.408. The first kappa shape index (κ1) is 13.3. The number of rotatable bonds is 1. The van der Waals surface area contributed by atoms with Gasteiger partial charge in [0.1, 0.15) is 11.0 Å². The van der Waals surface area contributed by atoms with E-state index >= 15 is 0 Å². The predicted molar refractivity (Wildman–Crippen MR) is 81.9 cm³/mol. The molecule has 1 heterocycles. The zero-order valence-electron chi connectivity index (χ0n) is 10.6. The minimum Gasteiger partial charge on any atom is -0.235 e. The van der Waals surface area contributed by atoms with Gasteiger partial charge in [-0.05, 0) is 36.6 Å². The van der Waals surface area contributed by atoms with Gasteiger partial charge in [-0.2, -0.15) is 0 Å². The van der Waals surface area contributed by atoms with Crippen molar-refractivity contribution < 1.29 is 4.39 Å². The van der Waals surface area contributed by atoms with Crippen LogP contribution in [0.5, 0.6) is 0 Å². The second-order valence-electron chi connectivity index (χ2n) is 4.64. The van der Waals surface area contributed by atoms with E-state index in [1.54, 1.807) is 18.2 Å². The van der Waals surface area contributed by atoms with E-state index in [0.717, 1.165) is 16.3 Å². The third-order valence-electron chi connectivity index (χ3n) is 3.14. The SMILES string of the molecule is Cc1ccc2c(-c3ccc(Cl)cc3F)nc(Cl)cc2c1. The molecule has 3 aromatic rings. The average molecular weight is 306 g/mol. The number of hydrogen-bond donors (Lipinski definition) is 0. The number of pyridine rings is 1. The van der Waals surface area contributed by atoms with Crippen molar-refractivity contribution in [3.63, 3.8) is 0 Å². The first-order chi connectivity index (χ1) is 9.54. The number of halogens is 3. The maximum atomic E-state index is 14.1. The van der Waals surface area contributed by atoms with Gasteiger partial charge in [-0.25, -0.2) is 9.37 Å². The van der Waals surface area contributed by atoms with Crippen LogP contribution in [0.2, 0.25) is 10.2 Å². The summed E-state index contributed by atoms with van der Waals surface area (Å²) in [7, 11) is 0. The zero-order valence-corrected chi connectivity index (χ0v) is 12.1. The van der Waals surface area contributed by atoms with Gasteiger partial charge < -0.3 is 0 Å². The molecule has 0 atom stereocenters. The van der Waals surface area contributed by atoms with E-state index < -0.39 is 5.82 Å². The third-order valence-corrected chi connectivity index (χ3v) is 3.57. The third kappa shape index (κ3) is 2.37. The van der Waals surface area contributed by atoms with Crippen molar-refractivity contribution in [2.45, 2.75) is 6.92 Å². The Morgan fingerprint density at radius 3 is 2.55 bits per heavy atom. The summed E-state index contributed by atoms with van der Waals surface area (Å²) in [6, 6.07) is 12.2. The van der Waals surface area contributed by atoms with E-state index in [1.807, 2.05) is 25.1 Å². The quantitative estimate of drug-likeness (QED) is 0.529. The fraction of sp³-hybridized carbons (Fsp3) is 0.0625. The van der Waals surface area contributed by atoms with Gasteiger partial charge in [0.15, 0.2) is 0 Å². The molecule has 3 rings (SSSR count). The Balaban J connectivity index is 2.35. The maximum Gasteiger partial charge on any atom is 0.134 e. The lowest BCUT2D eigenvalue weighted by Gasteiger charge is -2.09. The monoisotopic (exact) mass is 305 g/mol. The zero-order chi connectivity index (χ0) is 14.3. The van der Waals surface area contributed by atoms with Gasteiger partial charge in [0.25, 0.3) is 0 Å². The fourth-order valence-electron chi connectivity index (χ4n) is 2.23. The van der Waals surface area contributed by atoms with Crippen molar-refractivity contribution in [3.8, 4) is 11.3 Å². The van der Waals surface area contributed by atoms with Crippen LogP contribution in [-0.2, 0) is 0 Å². The summed E-state index contributed by atoms with van der Waals surface area (Å²) < 4.78 is 14.1. The molecule has 0 fully saturated rings. The van der Waals surface area contributed by atoms with Gasteiger partial charge in [0.2, 0.25) is 0 Å². The molecule has 0 unspecified atom stereocenters. The van der Waals surface area contributed by atoms with Crippen LogP contribution in [0.3, 0.4) is 0 Å². The number of benzene rings is 2. The molecular weight excluding hydrogens is 296 g/mol. The van der Waals surface area contributed by atoms with Crippen molar-refractivity contribution in [3.05, 3.63) is 64.0 Å². The van der Waals surface area contributed by atoms with Crippen LogP contribution >= 0.6 is 23.2 Å². The molecule has 1 aromatic heterocycles. The highest BCUT2D eigenvalue weighted by Crippen LogP contribution is 2.32. The van der Waals surface area contributed by atoms with Gasteiger partial charge in [-0.1, -0.05) is 47.0 Å². The molecule has 4 heteroatoms. The highest BCUT2D eigenvalue weighted by Gasteiger charge is 2.12. The second kappa shape index (κ2) is 5.04. The van der Waals surface area contributed by atoms with Gasteiger partial charge in [-0.15, -0.1) is 0 Å². The van der Waals surface area contributed by atoms with E-state index in [1.165, 1.54) is 6.07 Å². The molecule has 0 spiro atoms. The number of aromatic nitrogens is 1.